The van der Waals surface area contributed by atoms with E-state index in [0.29, 0.717) is 0 Å². The minimum absolute atomic E-state index is 0.168. The molecule has 1 N–H and O–H groups in total. The SMILES string of the molecule is CCCNCc1cnccc1N(C)C(C)(C)CC. The van der Waals surface area contributed by atoms with E-state index >= 15 is 0 Å². The van der Waals surface area contributed by atoms with Gasteiger partial charge < -0.3 is 10.2 Å². The average Bonchev–Trinajstić information content (AvgIpc) is 2.39. The Bertz CT molecular complexity index is 361. The molecule has 0 bridgehead atoms. The van der Waals surface area contributed by atoms with Gasteiger partial charge in [-0.1, -0.05) is 13.8 Å². The summed E-state index contributed by atoms with van der Waals surface area (Å²) in [6.45, 7) is 10.9. The molecule has 1 heterocycles. The summed E-state index contributed by atoms with van der Waals surface area (Å²) >= 11 is 0. The summed E-state index contributed by atoms with van der Waals surface area (Å²) in [7, 11) is 2.17. The largest absolute Gasteiger partial charge is 0.369 e. The first-order valence-electron chi connectivity index (χ1n) is 6.90. The maximum Gasteiger partial charge on any atom is 0.0444 e. The van der Waals surface area contributed by atoms with E-state index in [-0.39, 0.29) is 5.54 Å². The highest BCUT2D eigenvalue weighted by molar-refractivity contribution is 5.53. The number of nitrogens with zero attached hydrogens (tertiary/aromatic N) is 2. The summed E-state index contributed by atoms with van der Waals surface area (Å²) < 4.78 is 0. The Hall–Kier alpha value is -1.09. The van der Waals surface area contributed by atoms with Crippen molar-refractivity contribution in [1.29, 1.82) is 0 Å². The molecule has 3 nitrogen and oxygen atoms in total. The molecule has 0 aliphatic rings. The lowest BCUT2D eigenvalue weighted by molar-refractivity contribution is 0.469. The summed E-state index contributed by atoms with van der Waals surface area (Å²) in [6.07, 6.45) is 6.13. The molecule has 18 heavy (non-hydrogen) atoms. The van der Waals surface area contributed by atoms with Crippen molar-refractivity contribution < 1.29 is 0 Å². The number of anilines is 1. The van der Waals surface area contributed by atoms with E-state index in [9.17, 15) is 0 Å². The second-order valence-electron chi connectivity index (χ2n) is 5.41. The van der Waals surface area contributed by atoms with Crippen LogP contribution in [0.3, 0.4) is 0 Å². The highest BCUT2D eigenvalue weighted by atomic mass is 15.2. The molecule has 0 saturated carbocycles. The minimum atomic E-state index is 0.168. The number of aromatic nitrogens is 1. The van der Waals surface area contributed by atoms with Crippen molar-refractivity contribution in [3.05, 3.63) is 24.0 Å². The molecule has 1 aromatic rings. The Morgan fingerprint density at radius 2 is 2.06 bits per heavy atom. The molecule has 0 amide bonds. The van der Waals surface area contributed by atoms with E-state index < -0.39 is 0 Å². The first kappa shape index (κ1) is 15.0. The highest BCUT2D eigenvalue weighted by Crippen LogP contribution is 2.27. The third kappa shape index (κ3) is 3.70. The van der Waals surface area contributed by atoms with Gasteiger partial charge in [-0.15, -0.1) is 0 Å². The summed E-state index contributed by atoms with van der Waals surface area (Å²) in [4.78, 5) is 6.61. The van der Waals surface area contributed by atoms with Crippen LogP contribution in [-0.4, -0.2) is 24.1 Å². The normalized spacial score (nSPS) is 11.6. The van der Waals surface area contributed by atoms with Gasteiger partial charge in [-0.05, 0) is 39.3 Å². The first-order valence-corrected chi connectivity index (χ1v) is 6.90. The standard InChI is InChI=1S/C15H27N3/c1-6-9-16-11-13-12-17-10-8-14(13)18(5)15(3,4)7-2/h8,10,12,16H,6-7,9,11H2,1-5H3. The quantitative estimate of drug-likeness (QED) is 0.752. The third-order valence-electron chi connectivity index (χ3n) is 3.75. The zero-order valence-electron chi connectivity index (χ0n) is 12.5. The average molecular weight is 249 g/mol. The molecule has 3 heteroatoms. The van der Waals surface area contributed by atoms with Gasteiger partial charge in [-0.2, -0.15) is 0 Å². The molecular weight excluding hydrogens is 222 g/mol. The van der Waals surface area contributed by atoms with Crippen LogP contribution >= 0.6 is 0 Å². The Balaban J connectivity index is 2.87. The van der Waals surface area contributed by atoms with E-state index in [4.69, 9.17) is 0 Å². The van der Waals surface area contributed by atoms with Crippen LogP contribution in [0.15, 0.2) is 18.5 Å². The predicted octanol–water partition coefficient (Wildman–Crippen LogP) is 3.21. The summed E-state index contributed by atoms with van der Waals surface area (Å²) in [5.74, 6) is 0. The van der Waals surface area contributed by atoms with E-state index in [1.165, 1.54) is 11.3 Å². The minimum Gasteiger partial charge on any atom is -0.369 e. The van der Waals surface area contributed by atoms with Crippen LogP contribution in [0.2, 0.25) is 0 Å². The van der Waals surface area contributed by atoms with Crippen LogP contribution in [0.4, 0.5) is 5.69 Å². The van der Waals surface area contributed by atoms with Gasteiger partial charge in [-0.3, -0.25) is 4.98 Å². The number of rotatable bonds is 7. The van der Waals surface area contributed by atoms with Gasteiger partial charge in [0.25, 0.3) is 0 Å². The van der Waals surface area contributed by atoms with Crippen LogP contribution in [-0.2, 0) is 6.54 Å². The third-order valence-corrected chi connectivity index (χ3v) is 3.75. The van der Waals surface area contributed by atoms with Gasteiger partial charge in [0, 0.05) is 42.8 Å². The van der Waals surface area contributed by atoms with E-state index in [1.54, 1.807) is 0 Å². The maximum absolute atomic E-state index is 4.25. The molecular formula is C15H27N3. The van der Waals surface area contributed by atoms with Gasteiger partial charge in [0.05, 0.1) is 0 Å². The molecule has 1 aromatic heterocycles. The van der Waals surface area contributed by atoms with Crippen LogP contribution < -0.4 is 10.2 Å². The van der Waals surface area contributed by atoms with Crippen molar-refractivity contribution in [2.24, 2.45) is 0 Å². The van der Waals surface area contributed by atoms with Crippen molar-refractivity contribution >= 4 is 5.69 Å². The number of pyridine rings is 1. The fourth-order valence-corrected chi connectivity index (χ4v) is 1.85. The molecule has 102 valence electrons. The first-order chi connectivity index (χ1) is 8.53. The van der Waals surface area contributed by atoms with Crippen molar-refractivity contribution in [3.8, 4) is 0 Å². The molecule has 0 fully saturated rings. The lowest BCUT2D eigenvalue weighted by Crippen LogP contribution is -2.41. The Labute approximate surface area is 112 Å². The molecule has 0 atom stereocenters. The highest BCUT2D eigenvalue weighted by Gasteiger charge is 2.23. The van der Waals surface area contributed by atoms with Gasteiger partial charge in [0.1, 0.15) is 0 Å². The fraction of sp³-hybridized carbons (Fsp3) is 0.667. The van der Waals surface area contributed by atoms with Gasteiger partial charge in [0.2, 0.25) is 0 Å². The molecule has 0 aliphatic heterocycles. The molecule has 0 aliphatic carbocycles. The molecule has 1 rings (SSSR count). The van der Waals surface area contributed by atoms with Crippen molar-refractivity contribution in [2.75, 3.05) is 18.5 Å². The number of hydrogen-bond donors (Lipinski definition) is 1. The lowest BCUT2D eigenvalue weighted by atomic mass is 9.98. The number of nitrogens with one attached hydrogen (secondary N) is 1. The van der Waals surface area contributed by atoms with Gasteiger partial charge in [0.15, 0.2) is 0 Å². The molecule has 0 unspecified atom stereocenters. The predicted molar refractivity (Wildman–Crippen MR) is 79.0 cm³/mol. The van der Waals surface area contributed by atoms with Crippen molar-refractivity contribution in [2.45, 2.75) is 52.6 Å². The summed E-state index contributed by atoms with van der Waals surface area (Å²) in [5, 5.41) is 3.45. The van der Waals surface area contributed by atoms with Gasteiger partial charge in [-0.25, -0.2) is 0 Å². The smallest absolute Gasteiger partial charge is 0.0444 e. The lowest BCUT2D eigenvalue weighted by Gasteiger charge is -2.37. The Morgan fingerprint density at radius 1 is 1.33 bits per heavy atom. The zero-order chi connectivity index (χ0) is 13.6. The Morgan fingerprint density at radius 3 is 2.67 bits per heavy atom. The second-order valence-corrected chi connectivity index (χ2v) is 5.41. The zero-order valence-corrected chi connectivity index (χ0v) is 12.5. The van der Waals surface area contributed by atoms with Crippen LogP contribution in [0.5, 0.6) is 0 Å². The summed E-state index contributed by atoms with van der Waals surface area (Å²) in [5.41, 5.74) is 2.72. The fourth-order valence-electron chi connectivity index (χ4n) is 1.85. The van der Waals surface area contributed by atoms with Crippen LogP contribution in [0.25, 0.3) is 0 Å². The molecule has 0 aromatic carbocycles. The second kappa shape index (κ2) is 6.74. The molecule has 0 spiro atoms. The van der Waals surface area contributed by atoms with E-state index in [0.717, 1.165) is 25.9 Å². The topological polar surface area (TPSA) is 28.2 Å². The number of hydrogen-bond acceptors (Lipinski definition) is 3. The van der Waals surface area contributed by atoms with Crippen molar-refractivity contribution in [3.63, 3.8) is 0 Å². The maximum atomic E-state index is 4.25. The summed E-state index contributed by atoms with van der Waals surface area (Å²) in [6, 6.07) is 2.11. The van der Waals surface area contributed by atoms with Crippen molar-refractivity contribution in [1.82, 2.24) is 10.3 Å². The molecule has 0 radical (unpaired) electrons. The van der Waals surface area contributed by atoms with Crippen LogP contribution in [0, 0.1) is 0 Å². The van der Waals surface area contributed by atoms with E-state index in [2.05, 4.69) is 56.0 Å². The Kier molecular flexibility index (Phi) is 5.60. The molecule has 0 saturated heterocycles. The van der Waals surface area contributed by atoms with Crippen LogP contribution in [0.1, 0.15) is 46.1 Å². The van der Waals surface area contributed by atoms with E-state index in [1.807, 2.05) is 12.4 Å². The van der Waals surface area contributed by atoms with Gasteiger partial charge >= 0.3 is 0 Å². The monoisotopic (exact) mass is 249 g/mol.